The van der Waals surface area contributed by atoms with Crippen molar-refractivity contribution in [2.75, 3.05) is 11.1 Å². The average Bonchev–Trinajstić information content (AvgIpc) is 2.81. The van der Waals surface area contributed by atoms with Gasteiger partial charge in [0.1, 0.15) is 11.6 Å². The van der Waals surface area contributed by atoms with Crippen LogP contribution < -0.4 is 16.2 Å². The third kappa shape index (κ3) is 4.96. The molecule has 0 saturated carbocycles. The number of nitrogens with zero attached hydrogens (tertiary/aromatic N) is 2. The summed E-state index contributed by atoms with van der Waals surface area (Å²) in [6, 6.07) is 15.7. The molecule has 1 aromatic heterocycles. The quantitative estimate of drug-likeness (QED) is 0.326. The van der Waals surface area contributed by atoms with E-state index in [2.05, 4.69) is 15.6 Å². The summed E-state index contributed by atoms with van der Waals surface area (Å²) in [4.78, 5) is 42.0. The molecule has 4 aromatic rings. The number of hydrogen-bond acceptors (Lipinski definition) is 5. The standard InChI is InChI=1S/C24H18F2N4O3S/c1-14-10-11-15(12-18(14)26)30-22(32)16-6-2-4-8-19(16)28-24(30)34-13-21(31)29-23(33)27-20-9-5-3-7-17(20)25/h2-12H,13H2,1H3,(H2,27,29,31,33). The van der Waals surface area contributed by atoms with Crippen LogP contribution in [0.3, 0.4) is 0 Å². The maximum absolute atomic E-state index is 14.2. The zero-order valence-electron chi connectivity index (χ0n) is 17.8. The number of halogens is 2. The van der Waals surface area contributed by atoms with E-state index in [0.717, 1.165) is 11.8 Å². The fourth-order valence-corrected chi connectivity index (χ4v) is 3.98. The number of benzene rings is 3. The molecule has 0 fully saturated rings. The molecule has 172 valence electrons. The summed E-state index contributed by atoms with van der Waals surface area (Å²) in [5, 5.41) is 4.84. The van der Waals surface area contributed by atoms with E-state index in [1.807, 2.05) is 0 Å². The van der Waals surface area contributed by atoms with Crippen molar-refractivity contribution < 1.29 is 18.4 Å². The molecule has 0 saturated heterocycles. The molecule has 0 radical (unpaired) electrons. The highest BCUT2D eigenvalue weighted by Crippen LogP contribution is 2.22. The Morgan fingerprint density at radius 2 is 1.74 bits per heavy atom. The molecule has 2 N–H and O–H groups in total. The molecule has 10 heteroatoms. The van der Waals surface area contributed by atoms with Gasteiger partial charge in [-0.25, -0.2) is 18.6 Å². The Bertz CT molecular complexity index is 1470. The number of aromatic nitrogens is 2. The van der Waals surface area contributed by atoms with Gasteiger partial charge in [-0.05, 0) is 48.9 Å². The van der Waals surface area contributed by atoms with Crippen LogP contribution in [0.25, 0.3) is 16.6 Å². The molecule has 0 unspecified atom stereocenters. The number of thioether (sulfide) groups is 1. The van der Waals surface area contributed by atoms with Crippen LogP contribution in [0.2, 0.25) is 0 Å². The van der Waals surface area contributed by atoms with E-state index in [4.69, 9.17) is 0 Å². The predicted molar refractivity (Wildman–Crippen MR) is 126 cm³/mol. The third-order valence-corrected chi connectivity index (χ3v) is 5.80. The largest absolute Gasteiger partial charge is 0.325 e. The summed E-state index contributed by atoms with van der Waals surface area (Å²) in [5.74, 6) is -2.10. The van der Waals surface area contributed by atoms with Gasteiger partial charge in [-0.2, -0.15) is 0 Å². The normalized spacial score (nSPS) is 10.8. The molecule has 0 aliphatic heterocycles. The van der Waals surface area contributed by atoms with E-state index in [9.17, 15) is 23.2 Å². The first kappa shape index (κ1) is 23.1. The Kier molecular flexibility index (Phi) is 6.69. The second kappa shape index (κ2) is 9.84. The molecule has 0 aliphatic carbocycles. The first-order valence-corrected chi connectivity index (χ1v) is 11.1. The van der Waals surface area contributed by atoms with Gasteiger partial charge in [-0.15, -0.1) is 0 Å². The zero-order chi connectivity index (χ0) is 24.2. The first-order valence-electron chi connectivity index (χ1n) is 10.1. The summed E-state index contributed by atoms with van der Waals surface area (Å²) < 4.78 is 29.1. The minimum absolute atomic E-state index is 0.0770. The Hall–Kier alpha value is -4.05. The van der Waals surface area contributed by atoms with Gasteiger partial charge in [0.2, 0.25) is 5.91 Å². The summed E-state index contributed by atoms with van der Waals surface area (Å²) in [6.07, 6.45) is 0. The molecule has 34 heavy (non-hydrogen) atoms. The van der Waals surface area contributed by atoms with E-state index in [1.54, 1.807) is 43.3 Å². The number of anilines is 1. The molecule has 4 rings (SSSR count). The fraction of sp³-hybridized carbons (Fsp3) is 0.0833. The second-order valence-electron chi connectivity index (χ2n) is 7.26. The van der Waals surface area contributed by atoms with Crippen LogP contribution in [0.1, 0.15) is 5.56 Å². The predicted octanol–water partition coefficient (Wildman–Crippen LogP) is 4.41. The summed E-state index contributed by atoms with van der Waals surface area (Å²) >= 11 is 0.904. The van der Waals surface area contributed by atoms with Crippen LogP contribution in [0.5, 0.6) is 0 Å². The molecule has 3 amide bonds. The highest BCUT2D eigenvalue weighted by molar-refractivity contribution is 7.99. The first-order chi connectivity index (χ1) is 16.3. The number of amides is 3. The van der Waals surface area contributed by atoms with E-state index in [-0.39, 0.29) is 22.3 Å². The Morgan fingerprint density at radius 1 is 1.00 bits per heavy atom. The maximum Gasteiger partial charge on any atom is 0.325 e. The number of hydrogen-bond donors (Lipinski definition) is 2. The molecule has 3 aromatic carbocycles. The van der Waals surface area contributed by atoms with Gasteiger partial charge < -0.3 is 5.32 Å². The van der Waals surface area contributed by atoms with Crippen LogP contribution in [0.4, 0.5) is 19.3 Å². The van der Waals surface area contributed by atoms with Gasteiger partial charge in [-0.1, -0.05) is 42.1 Å². The van der Waals surface area contributed by atoms with Crippen LogP contribution in [0.15, 0.2) is 76.7 Å². The molecular formula is C24H18F2N4O3S. The number of carbonyl (C=O) groups excluding carboxylic acids is 2. The summed E-state index contributed by atoms with van der Waals surface area (Å²) in [7, 11) is 0. The number of carbonyl (C=O) groups is 2. The highest BCUT2D eigenvalue weighted by Gasteiger charge is 2.17. The number of nitrogens with one attached hydrogen (secondary N) is 2. The number of rotatable bonds is 5. The van der Waals surface area contributed by atoms with Crippen molar-refractivity contribution in [3.8, 4) is 5.69 Å². The molecule has 0 aliphatic rings. The average molecular weight is 480 g/mol. The van der Waals surface area contributed by atoms with Crippen molar-refractivity contribution >= 4 is 40.3 Å². The van der Waals surface area contributed by atoms with Gasteiger partial charge >= 0.3 is 6.03 Å². The van der Waals surface area contributed by atoms with Gasteiger partial charge in [-0.3, -0.25) is 19.5 Å². The molecule has 7 nitrogen and oxygen atoms in total. The monoisotopic (exact) mass is 480 g/mol. The lowest BCUT2D eigenvalue weighted by molar-refractivity contribution is -0.117. The minimum atomic E-state index is -0.903. The van der Waals surface area contributed by atoms with Crippen molar-refractivity contribution in [1.29, 1.82) is 0 Å². The number of para-hydroxylation sites is 2. The molecule has 0 spiro atoms. The lowest BCUT2D eigenvalue weighted by Crippen LogP contribution is -2.36. The molecule has 0 atom stereocenters. The number of fused-ring (bicyclic) bond motifs is 1. The van der Waals surface area contributed by atoms with Crippen LogP contribution >= 0.6 is 11.8 Å². The van der Waals surface area contributed by atoms with Crippen LogP contribution in [-0.2, 0) is 4.79 Å². The van der Waals surface area contributed by atoms with E-state index in [0.29, 0.717) is 16.5 Å². The third-order valence-electron chi connectivity index (χ3n) is 4.87. The van der Waals surface area contributed by atoms with Gasteiger partial charge in [0, 0.05) is 0 Å². The Morgan fingerprint density at radius 3 is 2.50 bits per heavy atom. The Labute approximate surface area is 196 Å². The van der Waals surface area contributed by atoms with Gasteiger partial charge in [0.25, 0.3) is 5.56 Å². The van der Waals surface area contributed by atoms with E-state index in [1.165, 1.54) is 34.9 Å². The summed E-state index contributed by atoms with van der Waals surface area (Å²) in [5.41, 5.74) is 0.587. The molecule has 0 bridgehead atoms. The minimum Gasteiger partial charge on any atom is -0.305 e. The fourth-order valence-electron chi connectivity index (χ4n) is 3.17. The van der Waals surface area contributed by atoms with Crippen molar-refractivity contribution in [2.45, 2.75) is 12.1 Å². The van der Waals surface area contributed by atoms with Gasteiger partial charge in [0.15, 0.2) is 5.16 Å². The number of aryl methyl sites for hydroxylation is 1. The van der Waals surface area contributed by atoms with Crippen LogP contribution in [0, 0.1) is 18.6 Å². The van der Waals surface area contributed by atoms with E-state index < -0.39 is 29.1 Å². The van der Waals surface area contributed by atoms with Gasteiger partial charge in [0.05, 0.1) is 28.0 Å². The zero-order valence-corrected chi connectivity index (χ0v) is 18.7. The number of urea groups is 1. The van der Waals surface area contributed by atoms with Crippen molar-refractivity contribution in [2.24, 2.45) is 0 Å². The van der Waals surface area contributed by atoms with Crippen molar-refractivity contribution in [1.82, 2.24) is 14.9 Å². The molecule has 1 heterocycles. The second-order valence-corrected chi connectivity index (χ2v) is 8.20. The highest BCUT2D eigenvalue weighted by atomic mass is 32.2. The van der Waals surface area contributed by atoms with E-state index >= 15 is 0 Å². The van der Waals surface area contributed by atoms with Crippen LogP contribution in [-0.4, -0.2) is 27.2 Å². The lowest BCUT2D eigenvalue weighted by Gasteiger charge is -2.14. The summed E-state index contributed by atoms with van der Waals surface area (Å²) in [6.45, 7) is 1.60. The van der Waals surface area contributed by atoms with Crippen molar-refractivity contribution in [3.63, 3.8) is 0 Å². The smallest absolute Gasteiger partial charge is 0.305 e. The van der Waals surface area contributed by atoms with Crippen molar-refractivity contribution in [3.05, 3.63) is 94.3 Å². The Balaban J connectivity index is 1.58. The topological polar surface area (TPSA) is 93.1 Å². The number of imide groups is 1. The maximum atomic E-state index is 14.2. The SMILES string of the molecule is Cc1ccc(-n2c(SCC(=O)NC(=O)Nc3ccccc3F)nc3ccccc3c2=O)cc1F. The lowest BCUT2D eigenvalue weighted by atomic mass is 10.2. The molecular weight excluding hydrogens is 462 g/mol.